The van der Waals surface area contributed by atoms with Crippen LogP contribution in [-0.2, 0) is 11.3 Å². The molecule has 1 aromatic rings. The van der Waals surface area contributed by atoms with E-state index in [1.165, 1.54) is 12.1 Å². The van der Waals surface area contributed by atoms with E-state index in [0.29, 0.717) is 6.54 Å². The van der Waals surface area contributed by atoms with Gasteiger partial charge in [-0.05, 0) is 30.5 Å². The smallest absolute Gasteiger partial charge is 0.225 e. The van der Waals surface area contributed by atoms with Crippen molar-refractivity contribution in [2.75, 3.05) is 7.05 Å². The molecule has 1 fully saturated rings. The summed E-state index contributed by atoms with van der Waals surface area (Å²) in [5.74, 6) is 0.213. The summed E-state index contributed by atoms with van der Waals surface area (Å²) in [6.07, 6.45) is 2.04. The van der Waals surface area contributed by atoms with Gasteiger partial charge in [0.15, 0.2) is 0 Å². The number of nitrogens with zero attached hydrogens (tertiary/aromatic N) is 1. The molecular weight excluding hydrogens is 193 g/mol. The first kappa shape index (κ1) is 10.1. The Morgan fingerprint density at radius 2 is 2.00 bits per heavy atom. The maximum absolute atomic E-state index is 12.6. The maximum Gasteiger partial charge on any atom is 0.225 e. The fourth-order valence-electron chi connectivity index (χ4n) is 1.58. The van der Waals surface area contributed by atoms with Crippen molar-refractivity contribution < 1.29 is 9.18 Å². The molecule has 0 saturated heterocycles. The number of rotatable bonds is 3. The van der Waals surface area contributed by atoms with E-state index in [1.807, 2.05) is 0 Å². The standard InChI is InChI=1S/C12H14FNO/c1-14(12(15)10-4-5-10)8-9-2-6-11(13)7-3-9/h2-3,6-7,10H,4-5,8H2,1H3. The predicted molar refractivity (Wildman–Crippen MR) is 55.6 cm³/mol. The first-order valence-corrected chi connectivity index (χ1v) is 5.16. The third-order valence-electron chi connectivity index (χ3n) is 2.64. The summed E-state index contributed by atoms with van der Waals surface area (Å²) in [4.78, 5) is 13.3. The largest absolute Gasteiger partial charge is 0.341 e. The van der Waals surface area contributed by atoms with Gasteiger partial charge in [0.05, 0.1) is 0 Å². The third kappa shape index (κ3) is 2.55. The van der Waals surface area contributed by atoms with Gasteiger partial charge in [-0.25, -0.2) is 4.39 Å². The normalized spacial score (nSPS) is 15.1. The molecule has 1 aliphatic carbocycles. The SMILES string of the molecule is CN(Cc1ccc(F)cc1)C(=O)C1CC1. The molecule has 0 unspecified atom stereocenters. The molecule has 1 aliphatic rings. The van der Waals surface area contributed by atoms with Gasteiger partial charge < -0.3 is 4.90 Å². The van der Waals surface area contributed by atoms with Crippen LogP contribution in [0.15, 0.2) is 24.3 Å². The number of carbonyl (C=O) groups is 1. The lowest BCUT2D eigenvalue weighted by Gasteiger charge is -2.16. The fraction of sp³-hybridized carbons (Fsp3) is 0.417. The molecule has 3 heteroatoms. The molecule has 1 amide bonds. The van der Waals surface area contributed by atoms with Crippen molar-refractivity contribution in [3.05, 3.63) is 35.6 Å². The number of amides is 1. The zero-order valence-electron chi connectivity index (χ0n) is 8.74. The summed E-state index contributed by atoms with van der Waals surface area (Å²) in [5.41, 5.74) is 0.966. The molecule has 0 atom stereocenters. The lowest BCUT2D eigenvalue weighted by atomic mass is 10.2. The van der Waals surface area contributed by atoms with Gasteiger partial charge in [0, 0.05) is 19.5 Å². The quantitative estimate of drug-likeness (QED) is 0.744. The Bertz CT molecular complexity index is 356. The summed E-state index contributed by atoms with van der Waals surface area (Å²) in [6.45, 7) is 0.565. The van der Waals surface area contributed by atoms with Crippen molar-refractivity contribution in [1.82, 2.24) is 4.90 Å². The Morgan fingerprint density at radius 1 is 1.40 bits per heavy atom. The Kier molecular flexibility index (Phi) is 2.71. The van der Waals surface area contributed by atoms with E-state index in [2.05, 4.69) is 0 Å². The van der Waals surface area contributed by atoms with Gasteiger partial charge in [0.25, 0.3) is 0 Å². The minimum absolute atomic E-state index is 0.208. The molecule has 0 radical (unpaired) electrons. The Balaban J connectivity index is 1.95. The van der Waals surface area contributed by atoms with Gasteiger partial charge in [-0.2, -0.15) is 0 Å². The zero-order chi connectivity index (χ0) is 10.8. The van der Waals surface area contributed by atoms with Gasteiger partial charge >= 0.3 is 0 Å². The molecule has 15 heavy (non-hydrogen) atoms. The fourth-order valence-corrected chi connectivity index (χ4v) is 1.58. The monoisotopic (exact) mass is 207 g/mol. The highest BCUT2D eigenvalue weighted by atomic mass is 19.1. The number of hydrogen-bond donors (Lipinski definition) is 0. The van der Waals surface area contributed by atoms with Crippen molar-refractivity contribution in [3.63, 3.8) is 0 Å². The molecule has 0 spiro atoms. The van der Waals surface area contributed by atoms with Gasteiger partial charge in [0.1, 0.15) is 5.82 Å². The zero-order valence-corrected chi connectivity index (χ0v) is 8.74. The maximum atomic E-state index is 12.6. The van der Waals surface area contributed by atoms with Crippen LogP contribution >= 0.6 is 0 Å². The van der Waals surface area contributed by atoms with E-state index in [-0.39, 0.29) is 17.6 Å². The molecule has 2 nitrogen and oxygen atoms in total. The summed E-state index contributed by atoms with van der Waals surface area (Å²) in [7, 11) is 1.80. The predicted octanol–water partition coefficient (Wildman–Crippen LogP) is 2.19. The summed E-state index contributed by atoms with van der Waals surface area (Å²) in [6, 6.07) is 6.27. The highest BCUT2D eigenvalue weighted by Gasteiger charge is 2.31. The molecule has 0 bridgehead atoms. The molecule has 0 aromatic heterocycles. The van der Waals surface area contributed by atoms with E-state index in [9.17, 15) is 9.18 Å². The van der Waals surface area contributed by atoms with Gasteiger partial charge in [0.2, 0.25) is 5.91 Å². The number of hydrogen-bond acceptors (Lipinski definition) is 1. The average molecular weight is 207 g/mol. The Morgan fingerprint density at radius 3 is 2.53 bits per heavy atom. The molecule has 1 aromatic carbocycles. The molecule has 0 heterocycles. The minimum atomic E-state index is -0.241. The van der Waals surface area contributed by atoms with Crippen LogP contribution in [0, 0.1) is 11.7 Å². The third-order valence-corrected chi connectivity index (χ3v) is 2.64. The van der Waals surface area contributed by atoms with E-state index in [1.54, 1.807) is 24.1 Å². The number of benzene rings is 1. The van der Waals surface area contributed by atoms with Crippen LogP contribution in [-0.4, -0.2) is 17.9 Å². The van der Waals surface area contributed by atoms with E-state index >= 15 is 0 Å². The van der Waals surface area contributed by atoms with Crippen LogP contribution in [0.25, 0.3) is 0 Å². The summed E-state index contributed by atoms with van der Waals surface area (Å²) in [5, 5.41) is 0. The van der Waals surface area contributed by atoms with Crippen LogP contribution in [0.1, 0.15) is 18.4 Å². The summed E-state index contributed by atoms with van der Waals surface area (Å²) < 4.78 is 12.6. The van der Waals surface area contributed by atoms with Crippen molar-refractivity contribution in [2.24, 2.45) is 5.92 Å². The van der Waals surface area contributed by atoms with Crippen molar-refractivity contribution in [3.8, 4) is 0 Å². The van der Waals surface area contributed by atoms with Crippen LogP contribution in [0.2, 0.25) is 0 Å². The highest BCUT2D eigenvalue weighted by molar-refractivity contribution is 5.80. The van der Waals surface area contributed by atoms with Gasteiger partial charge in [-0.1, -0.05) is 12.1 Å². The molecule has 0 aliphatic heterocycles. The first-order valence-electron chi connectivity index (χ1n) is 5.16. The van der Waals surface area contributed by atoms with Gasteiger partial charge in [-0.3, -0.25) is 4.79 Å². The Hall–Kier alpha value is -1.38. The van der Waals surface area contributed by atoms with Crippen LogP contribution in [0.4, 0.5) is 4.39 Å². The molecule has 2 rings (SSSR count). The second-order valence-corrected chi connectivity index (χ2v) is 4.10. The average Bonchev–Trinajstić information content (AvgIpc) is 3.04. The van der Waals surface area contributed by atoms with Crippen LogP contribution < -0.4 is 0 Å². The minimum Gasteiger partial charge on any atom is -0.341 e. The molecule has 80 valence electrons. The second kappa shape index (κ2) is 4.01. The summed E-state index contributed by atoms with van der Waals surface area (Å²) >= 11 is 0. The molecule has 0 N–H and O–H groups in total. The van der Waals surface area contributed by atoms with Gasteiger partial charge in [-0.15, -0.1) is 0 Å². The van der Waals surface area contributed by atoms with E-state index in [4.69, 9.17) is 0 Å². The Labute approximate surface area is 88.7 Å². The van der Waals surface area contributed by atoms with Crippen LogP contribution in [0.3, 0.4) is 0 Å². The van der Waals surface area contributed by atoms with Crippen molar-refractivity contribution in [1.29, 1.82) is 0 Å². The van der Waals surface area contributed by atoms with Crippen LogP contribution in [0.5, 0.6) is 0 Å². The van der Waals surface area contributed by atoms with Crippen molar-refractivity contribution in [2.45, 2.75) is 19.4 Å². The molecular formula is C12H14FNO. The lowest BCUT2D eigenvalue weighted by Crippen LogP contribution is -2.27. The van der Waals surface area contributed by atoms with Crippen molar-refractivity contribution >= 4 is 5.91 Å². The topological polar surface area (TPSA) is 20.3 Å². The second-order valence-electron chi connectivity index (χ2n) is 4.10. The van der Waals surface area contributed by atoms with E-state index in [0.717, 1.165) is 18.4 Å². The molecule has 1 saturated carbocycles. The lowest BCUT2D eigenvalue weighted by molar-refractivity contribution is -0.131. The number of carbonyl (C=O) groups excluding carboxylic acids is 1. The highest BCUT2D eigenvalue weighted by Crippen LogP contribution is 2.30. The number of halogens is 1. The first-order chi connectivity index (χ1) is 7.16. The van der Waals surface area contributed by atoms with E-state index < -0.39 is 0 Å².